The van der Waals surface area contributed by atoms with Crippen molar-refractivity contribution in [2.45, 2.75) is 4.83 Å². The van der Waals surface area contributed by atoms with Gasteiger partial charge in [-0.05, 0) is 17.7 Å². The summed E-state index contributed by atoms with van der Waals surface area (Å²) in [7, 11) is -1.49. The van der Waals surface area contributed by atoms with E-state index in [-0.39, 0.29) is 10.6 Å². The van der Waals surface area contributed by atoms with Gasteiger partial charge in [0.15, 0.2) is 0 Å². The first-order chi connectivity index (χ1) is 7.33. The molecular weight excluding hydrogens is 316 g/mol. The first-order valence-corrected chi connectivity index (χ1v) is 7.84. The number of methoxy groups -OCH3 is 1. The number of sulfone groups is 1. The van der Waals surface area contributed by atoms with E-state index in [1.807, 2.05) is 0 Å². The van der Waals surface area contributed by atoms with Gasteiger partial charge in [0.05, 0.1) is 22.7 Å². The highest BCUT2D eigenvalue weighted by atomic mass is 79.9. The number of halogens is 2. The Labute approximate surface area is 109 Å². The maximum absolute atomic E-state index is 11.1. The van der Waals surface area contributed by atoms with Gasteiger partial charge in [-0.25, -0.2) is 8.42 Å². The van der Waals surface area contributed by atoms with Crippen molar-refractivity contribution < 1.29 is 13.2 Å². The lowest BCUT2D eigenvalue weighted by Gasteiger charge is -2.10. The molecule has 0 N–H and O–H groups in total. The Morgan fingerprint density at radius 3 is 2.56 bits per heavy atom. The number of alkyl halides is 1. The topological polar surface area (TPSA) is 43.4 Å². The minimum absolute atomic E-state index is 0.0374. The van der Waals surface area contributed by atoms with Crippen molar-refractivity contribution in [2.24, 2.45) is 0 Å². The Hall–Kier alpha value is -0.260. The number of ether oxygens (including phenoxy) is 1. The Morgan fingerprint density at radius 1 is 1.50 bits per heavy atom. The molecule has 0 bridgehead atoms. The van der Waals surface area contributed by atoms with Gasteiger partial charge in [0.25, 0.3) is 0 Å². The van der Waals surface area contributed by atoms with E-state index in [2.05, 4.69) is 15.9 Å². The molecule has 0 radical (unpaired) electrons. The lowest BCUT2D eigenvalue weighted by molar-refractivity contribution is 0.415. The smallest absolute Gasteiger partial charge is 0.148 e. The molecule has 0 heterocycles. The van der Waals surface area contributed by atoms with Crippen LogP contribution in [0.3, 0.4) is 0 Å². The molecule has 0 saturated heterocycles. The van der Waals surface area contributed by atoms with Crippen LogP contribution in [0.1, 0.15) is 10.4 Å². The molecular formula is C10H12BrClO3S. The second kappa shape index (κ2) is 5.38. The van der Waals surface area contributed by atoms with Gasteiger partial charge < -0.3 is 4.74 Å². The van der Waals surface area contributed by atoms with Crippen LogP contribution in [0.15, 0.2) is 18.2 Å². The molecule has 0 aliphatic heterocycles. The molecule has 0 saturated carbocycles. The second-order valence-corrected chi connectivity index (χ2v) is 7.15. The molecule has 90 valence electrons. The summed E-state index contributed by atoms with van der Waals surface area (Å²) in [6, 6.07) is 5.20. The van der Waals surface area contributed by atoms with E-state index in [1.165, 1.54) is 13.4 Å². The quantitative estimate of drug-likeness (QED) is 0.799. The van der Waals surface area contributed by atoms with Crippen LogP contribution in [0.2, 0.25) is 5.02 Å². The van der Waals surface area contributed by atoms with Crippen molar-refractivity contribution in [3.8, 4) is 5.75 Å². The normalized spacial score (nSPS) is 13.5. The molecule has 0 amide bonds. The summed E-state index contributed by atoms with van der Waals surface area (Å²) in [5.74, 6) is 0.611. The molecule has 3 nitrogen and oxygen atoms in total. The van der Waals surface area contributed by atoms with E-state index in [0.29, 0.717) is 10.8 Å². The van der Waals surface area contributed by atoms with Crippen LogP contribution in [0.4, 0.5) is 0 Å². The summed E-state index contributed by atoms with van der Waals surface area (Å²) < 4.78 is 27.3. The zero-order valence-corrected chi connectivity index (χ0v) is 12.1. The number of hydrogen-bond acceptors (Lipinski definition) is 3. The molecule has 0 spiro atoms. The van der Waals surface area contributed by atoms with E-state index in [4.69, 9.17) is 16.3 Å². The third-order valence-corrected chi connectivity index (χ3v) is 4.50. The van der Waals surface area contributed by atoms with Crippen molar-refractivity contribution in [2.75, 3.05) is 19.1 Å². The standard InChI is InChI=1S/C10H12BrClO3S/c1-15-10-4-3-7(5-9(10)12)8(11)6-16(2,13)14/h3-5,8H,6H2,1-2H3. The second-order valence-electron chi connectivity index (χ2n) is 3.45. The minimum Gasteiger partial charge on any atom is -0.495 e. The summed E-state index contributed by atoms with van der Waals surface area (Å²) in [5, 5.41) is 0.470. The van der Waals surface area contributed by atoms with Gasteiger partial charge in [-0.1, -0.05) is 33.6 Å². The molecule has 1 atom stereocenters. The Balaban J connectivity index is 2.93. The van der Waals surface area contributed by atoms with Gasteiger partial charge in [-0.2, -0.15) is 0 Å². The highest BCUT2D eigenvalue weighted by Gasteiger charge is 2.15. The van der Waals surface area contributed by atoms with Crippen molar-refractivity contribution in [1.29, 1.82) is 0 Å². The van der Waals surface area contributed by atoms with Gasteiger partial charge in [0, 0.05) is 6.26 Å². The van der Waals surface area contributed by atoms with Crippen LogP contribution in [0.25, 0.3) is 0 Å². The van der Waals surface area contributed by atoms with Crippen LogP contribution < -0.4 is 4.74 Å². The average molecular weight is 328 g/mol. The lowest BCUT2D eigenvalue weighted by atomic mass is 10.2. The van der Waals surface area contributed by atoms with Gasteiger partial charge >= 0.3 is 0 Å². The van der Waals surface area contributed by atoms with E-state index < -0.39 is 9.84 Å². The molecule has 1 aromatic rings. The zero-order chi connectivity index (χ0) is 12.3. The molecule has 0 aromatic heterocycles. The predicted molar refractivity (Wildman–Crippen MR) is 69.4 cm³/mol. The summed E-state index contributed by atoms with van der Waals surface area (Å²) in [5.41, 5.74) is 0.816. The Bertz CT molecular complexity index is 473. The molecule has 0 aliphatic rings. The number of rotatable bonds is 4. The highest BCUT2D eigenvalue weighted by Crippen LogP contribution is 2.31. The summed E-state index contributed by atoms with van der Waals surface area (Å²) >= 11 is 9.27. The van der Waals surface area contributed by atoms with Gasteiger partial charge in [-0.15, -0.1) is 0 Å². The van der Waals surface area contributed by atoms with Gasteiger partial charge in [-0.3, -0.25) is 0 Å². The zero-order valence-electron chi connectivity index (χ0n) is 8.91. The summed E-state index contributed by atoms with van der Waals surface area (Å²) in [4.78, 5) is -0.258. The molecule has 16 heavy (non-hydrogen) atoms. The van der Waals surface area contributed by atoms with Crippen molar-refractivity contribution >= 4 is 37.4 Å². The van der Waals surface area contributed by atoms with E-state index >= 15 is 0 Å². The lowest BCUT2D eigenvalue weighted by Crippen LogP contribution is -2.08. The molecule has 0 fully saturated rings. The van der Waals surface area contributed by atoms with Crippen LogP contribution >= 0.6 is 27.5 Å². The maximum Gasteiger partial charge on any atom is 0.148 e. The Kier molecular flexibility index (Phi) is 4.64. The molecule has 1 rings (SSSR count). The van der Waals surface area contributed by atoms with Crippen LogP contribution in [-0.2, 0) is 9.84 Å². The SMILES string of the molecule is COc1ccc(C(Br)CS(C)(=O)=O)cc1Cl. The van der Waals surface area contributed by atoms with Crippen LogP contribution in [0, 0.1) is 0 Å². The van der Waals surface area contributed by atoms with Crippen LogP contribution in [0.5, 0.6) is 5.75 Å². The van der Waals surface area contributed by atoms with Gasteiger partial charge in [0.1, 0.15) is 15.6 Å². The Morgan fingerprint density at radius 2 is 2.12 bits per heavy atom. The summed E-state index contributed by atoms with van der Waals surface area (Å²) in [6.07, 6.45) is 1.20. The maximum atomic E-state index is 11.1. The third kappa shape index (κ3) is 3.96. The van der Waals surface area contributed by atoms with E-state index in [9.17, 15) is 8.42 Å². The largest absolute Gasteiger partial charge is 0.495 e. The van der Waals surface area contributed by atoms with Crippen LogP contribution in [-0.4, -0.2) is 27.5 Å². The fourth-order valence-electron chi connectivity index (χ4n) is 1.24. The predicted octanol–water partition coefficient (Wildman–Crippen LogP) is 2.83. The van der Waals surface area contributed by atoms with Crippen molar-refractivity contribution in [3.05, 3.63) is 28.8 Å². The molecule has 1 aromatic carbocycles. The molecule has 1 unspecified atom stereocenters. The average Bonchev–Trinajstić information content (AvgIpc) is 2.15. The van der Waals surface area contributed by atoms with Gasteiger partial charge in [0.2, 0.25) is 0 Å². The molecule has 0 aliphatic carbocycles. The number of hydrogen-bond donors (Lipinski definition) is 0. The van der Waals surface area contributed by atoms with E-state index in [0.717, 1.165) is 5.56 Å². The molecule has 6 heteroatoms. The first kappa shape index (κ1) is 13.8. The van der Waals surface area contributed by atoms with E-state index in [1.54, 1.807) is 18.2 Å². The van der Waals surface area contributed by atoms with Crippen molar-refractivity contribution in [1.82, 2.24) is 0 Å². The van der Waals surface area contributed by atoms with Crippen molar-refractivity contribution in [3.63, 3.8) is 0 Å². The fraction of sp³-hybridized carbons (Fsp3) is 0.400. The number of benzene rings is 1. The monoisotopic (exact) mass is 326 g/mol. The first-order valence-electron chi connectivity index (χ1n) is 4.48. The fourth-order valence-corrected chi connectivity index (χ4v) is 3.95. The highest BCUT2D eigenvalue weighted by molar-refractivity contribution is 9.09. The summed E-state index contributed by atoms with van der Waals surface area (Å²) in [6.45, 7) is 0. The minimum atomic E-state index is -3.02. The third-order valence-electron chi connectivity index (χ3n) is 1.99.